The summed E-state index contributed by atoms with van der Waals surface area (Å²) in [6, 6.07) is 2.50. The minimum atomic E-state index is 0.0126. The number of carbonyl (C=O) groups excluding carboxylic acids is 1. The fraction of sp³-hybridized carbons (Fsp3) is 0.600. The van der Waals surface area contributed by atoms with Crippen molar-refractivity contribution < 1.29 is 4.79 Å². The van der Waals surface area contributed by atoms with Crippen LogP contribution in [0.3, 0.4) is 0 Å². The Bertz CT molecular complexity index is 516. The number of aromatic nitrogens is 1. The van der Waals surface area contributed by atoms with Crippen LogP contribution >= 0.6 is 11.6 Å². The number of hydrogen-bond acceptors (Lipinski definition) is 4. The zero-order valence-electron chi connectivity index (χ0n) is 12.0. The predicted molar refractivity (Wildman–Crippen MR) is 82.3 cm³/mol. The van der Waals surface area contributed by atoms with Gasteiger partial charge in [0.1, 0.15) is 0 Å². The fourth-order valence-electron chi connectivity index (χ4n) is 3.23. The Morgan fingerprint density at radius 3 is 2.76 bits per heavy atom. The molecule has 21 heavy (non-hydrogen) atoms. The molecule has 5 nitrogen and oxygen atoms in total. The lowest BCUT2D eigenvalue weighted by Gasteiger charge is -2.34. The molecule has 3 heterocycles. The molecule has 0 bridgehead atoms. The van der Waals surface area contributed by atoms with Crippen molar-refractivity contribution in [1.29, 1.82) is 0 Å². The van der Waals surface area contributed by atoms with Gasteiger partial charge in [0.15, 0.2) is 0 Å². The number of halogens is 1. The maximum absolute atomic E-state index is 12.5. The van der Waals surface area contributed by atoms with Crippen LogP contribution in [0.4, 0.5) is 0 Å². The molecule has 114 valence electrons. The van der Waals surface area contributed by atoms with Crippen LogP contribution in [0.15, 0.2) is 18.5 Å². The van der Waals surface area contributed by atoms with Gasteiger partial charge in [-0.3, -0.25) is 14.7 Å². The van der Waals surface area contributed by atoms with E-state index in [0.717, 1.165) is 45.4 Å². The molecule has 2 saturated heterocycles. The first-order valence-electron chi connectivity index (χ1n) is 7.53. The number of rotatable bonds is 2. The Kier molecular flexibility index (Phi) is 4.42. The van der Waals surface area contributed by atoms with E-state index >= 15 is 0 Å². The normalized spacial score (nSPS) is 24.5. The first kappa shape index (κ1) is 14.8. The molecular formula is C15H21ClN4O. The standard InChI is InChI=1S/C15H21ClN4O/c16-14-9-18-5-1-13(14)15(21)20-8-4-12(10-20)19-6-2-11(17)3-7-19/h1,5,9,11-12H,2-4,6-8,10,17H2. The van der Waals surface area contributed by atoms with Crippen LogP contribution in [0.1, 0.15) is 29.6 Å². The number of carbonyl (C=O) groups is 1. The fourth-order valence-corrected chi connectivity index (χ4v) is 3.43. The third kappa shape index (κ3) is 3.20. The molecule has 1 aromatic heterocycles. The minimum Gasteiger partial charge on any atom is -0.337 e. The highest BCUT2D eigenvalue weighted by Crippen LogP contribution is 2.23. The van der Waals surface area contributed by atoms with Crippen molar-refractivity contribution in [1.82, 2.24) is 14.8 Å². The minimum absolute atomic E-state index is 0.0126. The van der Waals surface area contributed by atoms with Crippen molar-refractivity contribution >= 4 is 17.5 Å². The summed E-state index contributed by atoms with van der Waals surface area (Å²) >= 11 is 6.06. The van der Waals surface area contributed by atoms with Crippen molar-refractivity contribution in [3.63, 3.8) is 0 Å². The summed E-state index contributed by atoms with van der Waals surface area (Å²) in [5, 5.41) is 0.426. The summed E-state index contributed by atoms with van der Waals surface area (Å²) in [6.07, 6.45) is 6.28. The van der Waals surface area contributed by atoms with Gasteiger partial charge < -0.3 is 10.6 Å². The predicted octanol–water partition coefficient (Wildman–Crippen LogP) is 1.37. The number of piperidine rings is 1. The third-order valence-corrected chi connectivity index (χ3v) is 4.85. The number of likely N-dealkylation sites (tertiary alicyclic amines) is 2. The molecular weight excluding hydrogens is 288 g/mol. The van der Waals surface area contributed by atoms with Gasteiger partial charge in [-0.25, -0.2) is 0 Å². The highest BCUT2D eigenvalue weighted by atomic mass is 35.5. The van der Waals surface area contributed by atoms with Crippen molar-refractivity contribution in [2.45, 2.75) is 31.3 Å². The van der Waals surface area contributed by atoms with Gasteiger partial charge in [-0.1, -0.05) is 11.6 Å². The van der Waals surface area contributed by atoms with Gasteiger partial charge in [0.05, 0.1) is 10.6 Å². The quantitative estimate of drug-likeness (QED) is 0.896. The third-order valence-electron chi connectivity index (χ3n) is 4.54. The summed E-state index contributed by atoms with van der Waals surface area (Å²) in [4.78, 5) is 20.8. The average Bonchev–Trinajstić information content (AvgIpc) is 2.98. The van der Waals surface area contributed by atoms with E-state index in [1.807, 2.05) is 4.90 Å². The molecule has 2 aliphatic heterocycles. The number of hydrogen-bond donors (Lipinski definition) is 1. The molecule has 1 atom stereocenters. The van der Waals surface area contributed by atoms with Crippen molar-refractivity contribution in [3.8, 4) is 0 Å². The number of amides is 1. The van der Waals surface area contributed by atoms with E-state index in [2.05, 4.69) is 9.88 Å². The molecule has 0 spiro atoms. The van der Waals surface area contributed by atoms with Gasteiger partial charge in [-0.05, 0) is 38.4 Å². The van der Waals surface area contributed by atoms with E-state index in [9.17, 15) is 4.79 Å². The maximum atomic E-state index is 12.5. The highest BCUT2D eigenvalue weighted by molar-refractivity contribution is 6.33. The Labute approximate surface area is 130 Å². The molecule has 1 aromatic rings. The molecule has 0 saturated carbocycles. The molecule has 0 aliphatic carbocycles. The lowest BCUT2D eigenvalue weighted by atomic mass is 10.0. The first-order chi connectivity index (χ1) is 10.1. The van der Waals surface area contributed by atoms with E-state index in [4.69, 9.17) is 17.3 Å². The van der Waals surface area contributed by atoms with Crippen LogP contribution in [0.2, 0.25) is 5.02 Å². The van der Waals surface area contributed by atoms with Crippen LogP contribution in [0.5, 0.6) is 0 Å². The second-order valence-electron chi connectivity index (χ2n) is 5.92. The monoisotopic (exact) mass is 308 g/mol. The summed E-state index contributed by atoms with van der Waals surface area (Å²) in [5.41, 5.74) is 6.50. The van der Waals surface area contributed by atoms with Gasteiger partial charge >= 0.3 is 0 Å². The van der Waals surface area contributed by atoms with E-state index < -0.39 is 0 Å². The summed E-state index contributed by atoms with van der Waals surface area (Å²) < 4.78 is 0. The molecule has 1 unspecified atom stereocenters. The molecule has 1 amide bonds. The smallest absolute Gasteiger partial charge is 0.255 e. The molecule has 2 N–H and O–H groups in total. The number of nitrogens with zero attached hydrogens (tertiary/aromatic N) is 3. The van der Waals surface area contributed by atoms with Crippen LogP contribution < -0.4 is 5.73 Å². The van der Waals surface area contributed by atoms with Crippen LogP contribution in [0, 0.1) is 0 Å². The Morgan fingerprint density at radius 1 is 1.29 bits per heavy atom. The maximum Gasteiger partial charge on any atom is 0.255 e. The lowest BCUT2D eigenvalue weighted by Crippen LogP contribution is -2.46. The molecule has 3 rings (SSSR count). The topological polar surface area (TPSA) is 62.5 Å². The second-order valence-corrected chi connectivity index (χ2v) is 6.33. The molecule has 0 radical (unpaired) electrons. The van der Waals surface area contributed by atoms with Gasteiger partial charge in [0.25, 0.3) is 5.91 Å². The van der Waals surface area contributed by atoms with Crippen molar-refractivity contribution in [2.24, 2.45) is 5.73 Å². The van der Waals surface area contributed by atoms with Gasteiger partial charge in [0.2, 0.25) is 0 Å². The number of nitrogens with two attached hydrogens (primary N) is 1. The summed E-state index contributed by atoms with van der Waals surface area (Å²) in [5.74, 6) is 0.0126. The van der Waals surface area contributed by atoms with Crippen LogP contribution in [0.25, 0.3) is 0 Å². The average molecular weight is 309 g/mol. The lowest BCUT2D eigenvalue weighted by molar-refractivity contribution is 0.0769. The number of pyridine rings is 1. The summed E-state index contributed by atoms with van der Waals surface area (Å²) in [6.45, 7) is 3.67. The molecule has 2 aliphatic rings. The Balaban J connectivity index is 1.62. The first-order valence-corrected chi connectivity index (χ1v) is 7.91. The second kappa shape index (κ2) is 6.30. The van der Waals surface area contributed by atoms with Crippen molar-refractivity contribution in [3.05, 3.63) is 29.0 Å². The zero-order valence-corrected chi connectivity index (χ0v) is 12.8. The molecule has 0 aromatic carbocycles. The van der Waals surface area contributed by atoms with Gasteiger partial charge in [0, 0.05) is 37.6 Å². The van der Waals surface area contributed by atoms with Gasteiger partial charge in [-0.2, -0.15) is 0 Å². The van der Waals surface area contributed by atoms with E-state index in [0.29, 0.717) is 22.7 Å². The molecule has 2 fully saturated rings. The van der Waals surface area contributed by atoms with Crippen molar-refractivity contribution in [2.75, 3.05) is 26.2 Å². The van der Waals surface area contributed by atoms with E-state index in [1.165, 1.54) is 6.20 Å². The zero-order chi connectivity index (χ0) is 14.8. The van der Waals surface area contributed by atoms with E-state index in [-0.39, 0.29) is 5.91 Å². The van der Waals surface area contributed by atoms with Gasteiger partial charge in [-0.15, -0.1) is 0 Å². The largest absolute Gasteiger partial charge is 0.337 e. The molecule has 6 heteroatoms. The highest BCUT2D eigenvalue weighted by Gasteiger charge is 2.32. The van der Waals surface area contributed by atoms with Crippen LogP contribution in [-0.2, 0) is 0 Å². The Hall–Kier alpha value is -1.17. The Morgan fingerprint density at radius 2 is 2.05 bits per heavy atom. The summed E-state index contributed by atoms with van der Waals surface area (Å²) in [7, 11) is 0. The van der Waals surface area contributed by atoms with Crippen LogP contribution in [-0.4, -0.2) is 59.0 Å². The SMILES string of the molecule is NC1CCN(C2CCN(C(=O)c3ccncc3Cl)C2)CC1. The van der Waals surface area contributed by atoms with E-state index in [1.54, 1.807) is 12.3 Å².